The molecule has 0 saturated carbocycles. The van der Waals surface area contributed by atoms with Crippen molar-refractivity contribution in [2.75, 3.05) is 12.1 Å². The van der Waals surface area contributed by atoms with E-state index in [1.165, 1.54) is 0 Å². The summed E-state index contributed by atoms with van der Waals surface area (Å²) in [5.41, 5.74) is 6.23. The molecule has 0 spiro atoms. The van der Waals surface area contributed by atoms with Crippen LogP contribution in [0.3, 0.4) is 0 Å². The van der Waals surface area contributed by atoms with E-state index >= 15 is 0 Å². The molecule has 9 heteroatoms. The van der Waals surface area contributed by atoms with Crippen LogP contribution in [0.1, 0.15) is 27.0 Å². The maximum Gasteiger partial charge on any atom is 0.326 e. The third-order valence-corrected chi connectivity index (χ3v) is 7.14. The number of carboxylic acid groups (broad SMARTS) is 1. The number of aromatic nitrogens is 2. The predicted molar refractivity (Wildman–Crippen MR) is 155 cm³/mol. The molecule has 0 radical (unpaired) electrons. The molecule has 3 N–H and O–H groups in total. The molecule has 1 atom stereocenters. The van der Waals surface area contributed by atoms with Crippen molar-refractivity contribution in [2.45, 2.75) is 26.3 Å². The van der Waals surface area contributed by atoms with E-state index in [0.29, 0.717) is 28.4 Å². The van der Waals surface area contributed by atoms with Crippen molar-refractivity contribution >= 4 is 29.0 Å². The molecule has 206 valence electrons. The number of para-hydroxylation sites is 1. The molecular formula is C32H28N4O5. The quantitative estimate of drug-likeness (QED) is 0.234. The van der Waals surface area contributed by atoms with Gasteiger partial charge >= 0.3 is 5.97 Å². The molecule has 1 aliphatic rings. The number of nitrogens with zero attached hydrogens (tertiary/aromatic N) is 2. The van der Waals surface area contributed by atoms with Gasteiger partial charge in [-0.2, -0.15) is 0 Å². The van der Waals surface area contributed by atoms with Crippen molar-refractivity contribution < 1.29 is 24.2 Å². The lowest BCUT2D eigenvalue weighted by Crippen LogP contribution is -2.42. The molecule has 2 aromatic heterocycles. The third kappa shape index (κ3) is 5.17. The first-order chi connectivity index (χ1) is 19.9. The SMILES string of the molecule is Cc1cccc(C)c1Nc1c(-c2ccc3c(c2)OCO3)nc2cc(C(=O)NC(Cc3ccccc3)C(=O)O)ccn12. The van der Waals surface area contributed by atoms with Crippen LogP contribution in [-0.2, 0) is 11.2 Å². The summed E-state index contributed by atoms with van der Waals surface area (Å²) in [4.78, 5) is 30.0. The topological polar surface area (TPSA) is 114 Å². The number of fused-ring (bicyclic) bond motifs is 2. The van der Waals surface area contributed by atoms with Crippen LogP contribution in [-0.4, -0.2) is 39.2 Å². The number of nitrogens with one attached hydrogen (secondary N) is 2. The summed E-state index contributed by atoms with van der Waals surface area (Å²) in [7, 11) is 0. The van der Waals surface area contributed by atoms with Gasteiger partial charge in [0.2, 0.25) is 6.79 Å². The van der Waals surface area contributed by atoms with Gasteiger partial charge in [-0.05, 0) is 60.9 Å². The number of hydrogen-bond donors (Lipinski definition) is 3. The average Bonchev–Trinajstić information content (AvgIpc) is 3.59. The normalized spacial score (nSPS) is 12.7. The lowest BCUT2D eigenvalue weighted by atomic mass is 10.1. The first-order valence-electron chi connectivity index (χ1n) is 13.2. The van der Waals surface area contributed by atoms with E-state index in [1.807, 2.05) is 85.0 Å². The van der Waals surface area contributed by atoms with Gasteiger partial charge in [0.25, 0.3) is 5.91 Å². The fourth-order valence-corrected chi connectivity index (χ4v) is 4.97. The molecule has 1 aliphatic heterocycles. The van der Waals surface area contributed by atoms with Crippen LogP contribution in [0.15, 0.2) is 85.1 Å². The number of aliphatic carboxylic acids is 1. The lowest BCUT2D eigenvalue weighted by molar-refractivity contribution is -0.139. The number of carbonyl (C=O) groups is 2. The van der Waals surface area contributed by atoms with Crippen molar-refractivity contribution in [2.24, 2.45) is 0 Å². The Bertz CT molecular complexity index is 1760. The Morgan fingerprint density at radius 1 is 0.951 bits per heavy atom. The van der Waals surface area contributed by atoms with Gasteiger partial charge in [0.1, 0.15) is 23.2 Å². The van der Waals surface area contributed by atoms with E-state index in [2.05, 4.69) is 10.6 Å². The van der Waals surface area contributed by atoms with Gasteiger partial charge in [-0.25, -0.2) is 9.78 Å². The minimum Gasteiger partial charge on any atom is -0.480 e. The number of amides is 1. The molecule has 0 aliphatic carbocycles. The summed E-state index contributed by atoms with van der Waals surface area (Å²) in [5, 5.41) is 16.0. The second-order valence-corrected chi connectivity index (χ2v) is 9.97. The fourth-order valence-electron chi connectivity index (χ4n) is 4.97. The average molecular weight is 549 g/mol. The van der Waals surface area contributed by atoms with Crippen LogP contribution in [0.4, 0.5) is 11.5 Å². The van der Waals surface area contributed by atoms with Crippen molar-refractivity contribution in [3.8, 4) is 22.8 Å². The minimum atomic E-state index is -1.10. The van der Waals surface area contributed by atoms with E-state index in [9.17, 15) is 14.7 Å². The molecule has 3 aromatic carbocycles. The second-order valence-electron chi connectivity index (χ2n) is 9.97. The zero-order chi connectivity index (χ0) is 28.5. The Kier molecular flexibility index (Phi) is 6.76. The first-order valence-corrected chi connectivity index (χ1v) is 13.2. The minimum absolute atomic E-state index is 0.164. The summed E-state index contributed by atoms with van der Waals surface area (Å²) < 4.78 is 13.0. The molecule has 0 fully saturated rings. The van der Waals surface area contributed by atoms with Crippen LogP contribution in [0.2, 0.25) is 0 Å². The highest BCUT2D eigenvalue weighted by Gasteiger charge is 2.23. The maximum atomic E-state index is 13.2. The number of carboxylic acids is 1. The van der Waals surface area contributed by atoms with E-state index in [-0.39, 0.29) is 13.2 Å². The van der Waals surface area contributed by atoms with Gasteiger partial charge < -0.3 is 25.2 Å². The Hall–Kier alpha value is -5.31. The van der Waals surface area contributed by atoms with Crippen molar-refractivity contribution in [3.05, 3.63) is 107 Å². The number of carbonyl (C=O) groups excluding carboxylic acids is 1. The zero-order valence-electron chi connectivity index (χ0n) is 22.5. The second kappa shape index (κ2) is 10.7. The molecule has 41 heavy (non-hydrogen) atoms. The van der Waals surface area contributed by atoms with Crippen molar-refractivity contribution in [1.82, 2.24) is 14.7 Å². The number of ether oxygens (including phenoxy) is 2. The molecule has 0 bridgehead atoms. The molecular weight excluding hydrogens is 520 g/mol. The maximum absolute atomic E-state index is 13.2. The number of imidazole rings is 1. The monoisotopic (exact) mass is 548 g/mol. The first kappa shape index (κ1) is 25.9. The van der Waals surface area contributed by atoms with Gasteiger partial charge in [0.05, 0.1) is 0 Å². The summed E-state index contributed by atoms with van der Waals surface area (Å²) in [6, 6.07) is 23.2. The summed E-state index contributed by atoms with van der Waals surface area (Å²) >= 11 is 0. The Morgan fingerprint density at radius 3 is 2.46 bits per heavy atom. The number of hydrogen-bond acceptors (Lipinski definition) is 6. The molecule has 1 unspecified atom stereocenters. The highest BCUT2D eigenvalue weighted by molar-refractivity contribution is 5.97. The summed E-state index contributed by atoms with van der Waals surface area (Å²) in [6.45, 7) is 4.24. The van der Waals surface area contributed by atoms with Gasteiger partial charge in [-0.3, -0.25) is 9.20 Å². The molecule has 0 saturated heterocycles. The summed E-state index contributed by atoms with van der Waals surface area (Å²) in [5.74, 6) is 0.428. The van der Waals surface area contributed by atoms with Gasteiger partial charge in [-0.15, -0.1) is 0 Å². The molecule has 6 rings (SSSR count). The highest BCUT2D eigenvalue weighted by atomic mass is 16.7. The standard InChI is InChI=1S/C32H28N4O5/c1-19-7-6-8-20(2)28(19)35-30-29(22-11-12-25-26(16-22)41-18-40-25)34-27-17-23(13-14-36(27)30)31(37)33-24(32(38)39)15-21-9-4-3-5-10-21/h3-14,16-17,24,35H,15,18H2,1-2H3,(H,33,37)(H,38,39). The van der Waals surface area contributed by atoms with Gasteiger partial charge in [0, 0.05) is 29.4 Å². The largest absolute Gasteiger partial charge is 0.480 e. The highest BCUT2D eigenvalue weighted by Crippen LogP contribution is 2.39. The van der Waals surface area contributed by atoms with E-state index in [0.717, 1.165) is 33.8 Å². The fraction of sp³-hybridized carbons (Fsp3) is 0.156. The van der Waals surface area contributed by atoms with Gasteiger partial charge in [0.15, 0.2) is 11.5 Å². The third-order valence-electron chi connectivity index (χ3n) is 7.14. The van der Waals surface area contributed by atoms with Crippen molar-refractivity contribution in [1.29, 1.82) is 0 Å². The number of aryl methyl sites for hydroxylation is 2. The van der Waals surface area contributed by atoms with Crippen molar-refractivity contribution in [3.63, 3.8) is 0 Å². The summed E-state index contributed by atoms with van der Waals surface area (Å²) in [6.07, 6.45) is 1.93. The van der Waals surface area contributed by atoms with Gasteiger partial charge in [-0.1, -0.05) is 48.5 Å². The molecule has 3 heterocycles. The Labute approximate surface area is 236 Å². The van der Waals surface area contributed by atoms with Crippen LogP contribution in [0.25, 0.3) is 16.9 Å². The van der Waals surface area contributed by atoms with Crippen LogP contribution in [0.5, 0.6) is 11.5 Å². The number of benzene rings is 3. The van der Waals surface area contributed by atoms with Crippen LogP contribution in [0, 0.1) is 13.8 Å². The van der Waals surface area contributed by atoms with E-state index in [4.69, 9.17) is 14.5 Å². The molecule has 1 amide bonds. The Morgan fingerprint density at radius 2 is 1.71 bits per heavy atom. The van der Waals surface area contributed by atoms with E-state index < -0.39 is 17.9 Å². The number of anilines is 2. The Balaban J connectivity index is 1.38. The molecule has 9 nitrogen and oxygen atoms in total. The van der Waals surface area contributed by atoms with Crippen LogP contribution >= 0.6 is 0 Å². The van der Waals surface area contributed by atoms with E-state index in [1.54, 1.807) is 18.3 Å². The number of pyridine rings is 1. The van der Waals surface area contributed by atoms with Crippen LogP contribution < -0.4 is 20.1 Å². The molecule has 5 aromatic rings. The smallest absolute Gasteiger partial charge is 0.326 e. The number of rotatable bonds is 8. The predicted octanol–water partition coefficient (Wildman–Crippen LogP) is 5.52. The zero-order valence-corrected chi connectivity index (χ0v) is 22.5. The lowest BCUT2D eigenvalue weighted by Gasteiger charge is -2.15.